The molecule has 20 heavy (non-hydrogen) atoms. The molecule has 0 amide bonds. The van der Waals surface area contributed by atoms with Crippen LogP contribution in [0.3, 0.4) is 0 Å². The zero-order valence-electron chi connectivity index (χ0n) is 11.8. The molecule has 1 unspecified atom stereocenters. The van der Waals surface area contributed by atoms with E-state index in [1.54, 1.807) is 11.3 Å². The van der Waals surface area contributed by atoms with E-state index in [4.69, 9.17) is 16.6 Å². The molecule has 0 radical (unpaired) electrons. The number of hydrogen-bond acceptors (Lipinski definition) is 3. The summed E-state index contributed by atoms with van der Waals surface area (Å²) in [6.45, 7) is 7.32. The van der Waals surface area contributed by atoms with E-state index in [2.05, 4.69) is 53.5 Å². The van der Waals surface area contributed by atoms with Crippen molar-refractivity contribution in [3.05, 3.63) is 49.3 Å². The van der Waals surface area contributed by atoms with E-state index in [1.165, 1.54) is 5.56 Å². The standard InChI is InChI=1S/C15H18BrClN2S/c1-4-18-14(11-6-5-10(17)7-12(11)16)15-19-13(8-20-15)9(2)3/h5-9,14,18H,4H2,1-3H3. The molecule has 0 bridgehead atoms. The molecule has 0 fully saturated rings. The zero-order chi connectivity index (χ0) is 14.7. The first-order chi connectivity index (χ1) is 9.52. The third-order valence-corrected chi connectivity index (χ3v) is 4.91. The van der Waals surface area contributed by atoms with Crippen LogP contribution in [-0.2, 0) is 0 Å². The van der Waals surface area contributed by atoms with Gasteiger partial charge in [0.1, 0.15) is 5.01 Å². The highest BCUT2D eigenvalue weighted by atomic mass is 79.9. The van der Waals surface area contributed by atoms with Crippen molar-refractivity contribution in [2.75, 3.05) is 6.54 Å². The van der Waals surface area contributed by atoms with E-state index >= 15 is 0 Å². The van der Waals surface area contributed by atoms with Crippen LogP contribution in [0.1, 0.15) is 49.0 Å². The fourth-order valence-corrected chi connectivity index (χ4v) is 3.95. The molecule has 0 saturated heterocycles. The van der Waals surface area contributed by atoms with E-state index in [9.17, 15) is 0 Å². The molecule has 0 spiro atoms. The van der Waals surface area contributed by atoms with Gasteiger partial charge in [0.15, 0.2) is 0 Å². The second-order valence-electron chi connectivity index (χ2n) is 4.92. The summed E-state index contributed by atoms with van der Waals surface area (Å²) in [6, 6.07) is 6.00. The summed E-state index contributed by atoms with van der Waals surface area (Å²) >= 11 is 11.3. The van der Waals surface area contributed by atoms with Crippen molar-refractivity contribution >= 4 is 38.9 Å². The molecule has 5 heteroatoms. The average Bonchev–Trinajstić information content (AvgIpc) is 2.86. The van der Waals surface area contributed by atoms with E-state index in [0.29, 0.717) is 5.92 Å². The van der Waals surface area contributed by atoms with Gasteiger partial charge >= 0.3 is 0 Å². The maximum Gasteiger partial charge on any atom is 0.114 e. The number of aromatic nitrogens is 1. The Morgan fingerprint density at radius 1 is 1.40 bits per heavy atom. The zero-order valence-corrected chi connectivity index (χ0v) is 14.9. The number of thiazole rings is 1. The number of halogens is 2. The maximum atomic E-state index is 6.03. The second-order valence-corrected chi connectivity index (χ2v) is 7.10. The predicted molar refractivity (Wildman–Crippen MR) is 90.9 cm³/mol. The number of benzene rings is 1. The molecule has 0 aliphatic heterocycles. The molecule has 2 rings (SSSR count). The molecule has 2 nitrogen and oxygen atoms in total. The van der Waals surface area contributed by atoms with Crippen LogP contribution in [0.5, 0.6) is 0 Å². The highest BCUT2D eigenvalue weighted by Crippen LogP contribution is 2.33. The molecule has 108 valence electrons. The molecule has 1 N–H and O–H groups in total. The lowest BCUT2D eigenvalue weighted by Gasteiger charge is -2.17. The molecular formula is C15H18BrClN2S. The Morgan fingerprint density at radius 2 is 2.15 bits per heavy atom. The van der Waals surface area contributed by atoms with Gasteiger partial charge in [0.05, 0.1) is 11.7 Å². The molecule has 0 aliphatic rings. The van der Waals surface area contributed by atoms with E-state index in [1.807, 2.05) is 12.1 Å². The van der Waals surface area contributed by atoms with Gasteiger partial charge in [-0.1, -0.05) is 54.4 Å². The van der Waals surface area contributed by atoms with E-state index < -0.39 is 0 Å². The Hall–Kier alpha value is -0.420. The predicted octanol–water partition coefficient (Wildman–Crippen LogP) is 5.38. The monoisotopic (exact) mass is 372 g/mol. The summed E-state index contributed by atoms with van der Waals surface area (Å²) < 4.78 is 1.01. The molecule has 0 aliphatic carbocycles. The maximum absolute atomic E-state index is 6.03. The van der Waals surface area contributed by atoms with Crippen LogP contribution < -0.4 is 5.32 Å². The number of nitrogens with one attached hydrogen (secondary N) is 1. The Labute approximate surface area is 137 Å². The second kappa shape index (κ2) is 7.03. The molecule has 0 saturated carbocycles. The Kier molecular flexibility index (Phi) is 5.61. The van der Waals surface area contributed by atoms with Crippen LogP contribution in [0, 0.1) is 0 Å². The van der Waals surface area contributed by atoms with E-state index in [0.717, 1.165) is 26.7 Å². The summed E-state index contributed by atoms with van der Waals surface area (Å²) in [7, 11) is 0. The normalized spacial score (nSPS) is 12.9. The highest BCUT2D eigenvalue weighted by Gasteiger charge is 2.20. The fraction of sp³-hybridized carbons (Fsp3) is 0.400. The van der Waals surface area contributed by atoms with Crippen LogP contribution in [-0.4, -0.2) is 11.5 Å². The third-order valence-electron chi connectivity index (χ3n) is 3.06. The molecule has 1 atom stereocenters. The van der Waals surface area contributed by atoms with Gasteiger partial charge < -0.3 is 5.32 Å². The lowest BCUT2D eigenvalue weighted by molar-refractivity contribution is 0.621. The average molecular weight is 374 g/mol. The Morgan fingerprint density at radius 3 is 2.70 bits per heavy atom. The van der Waals surface area contributed by atoms with Crippen LogP contribution >= 0.6 is 38.9 Å². The van der Waals surface area contributed by atoms with Crippen LogP contribution in [0.4, 0.5) is 0 Å². The topological polar surface area (TPSA) is 24.9 Å². The van der Waals surface area contributed by atoms with Crippen molar-refractivity contribution in [1.82, 2.24) is 10.3 Å². The van der Waals surface area contributed by atoms with E-state index in [-0.39, 0.29) is 6.04 Å². The SMILES string of the molecule is CCNC(c1nc(C(C)C)cs1)c1ccc(Cl)cc1Br. The lowest BCUT2D eigenvalue weighted by atomic mass is 10.1. The molecule has 1 aromatic heterocycles. The smallest absolute Gasteiger partial charge is 0.114 e. The minimum Gasteiger partial charge on any atom is -0.305 e. The summed E-state index contributed by atoms with van der Waals surface area (Å²) in [5.74, 6) is 0.455. The van der Waals surface area contributed by atoms with Gasteiger partial charge in [-0.15, -0.1) is 11.3 Å². The van der Waals surface area contributed by atoms with Crippen molar-refractivity contribution in [2.24, 2.45) is 0 Å². The van der Waals surface area contributed by atoms with Gasteiger partial charge in [-0.25, -0.2) is 4.98 Å². The number of nitrogens with zero attached hydrogens (tertiary/aromatic N) is 1. The summed E-state index contributed by atoms with van der Waals surface area (Å²) in [5, 5.41) is 7.48. The Balaban J connectivity index is 2.39. The van der Waals surface area contributed by atoms with Gasteiger partial charge in [-0.2, -0.15) is 0 Å². The van der Waals surface area contributed by atoms with Gasteiger partial charge in [0, 0.05) is 14.9 Å². The first kappa shape index (κ1) is 16.0. The highest BCUT2D eigenvalue weighted by molar-refractivity contribution is 9.10. The summed E-state index contributed by atoms with van der Waals surface area (Å²) in [4.78, 5) is 4.77. The van der Waals surface area contributed by atoms with Crippen LogP contribution in [0.2, 0.25) is 5.02 Å². The number of hydrogen-bond donors (Lipinski definition) is 1. The third kappa shape index (κ3) is 3.61. The van der Waals surface area contributed by atoms with Gasteiger partial charge in [-0.3, -0.25) is 0 Å². The van der Waals surface area contributed by atoms with Crippen LogP contribution in [0.15, 0.2) is 28.1 Å². The van der Waals surface area contributed by atoms with Crippen molar-refractivity contribution in [3.8, 4) is 0 Å². The van der Waals surface area contributed by atoms with Crippen molar-refractivity contribution in [3.63, 3.8) is 0 Å². The lowest BCUT2D eigenvalue weighted by Crippen LogP contribution is -2.22. The Bertz CT molecular complexity index is 583. The minimum atomic E-state index is 0.101. The van der Waals surface area contributed by atoms with Crippen LogP contribution in [0.25, 0.3) is 0 Å². The quantitative estimate of drug-likeness (QED) is 0.761. The minimum absolute atomic E-state index is 0.101. The molecular weight excluding hydrogens is 356 g/mol. The summed E-state index contributed by atoms with van der Waals surface area (Å²) in [6.07, 6.45) is 0. The first-order valence-corrected chi connectivity index (χ1v) is 8.71. The van der Waals surface area contributed by atoms with Crippen molar-refractivity contribution in [1.29, 1.82) is 0 Å². The molecule has 1 aromatic carbocycles. The van der Waals surface area contributed by atoms with Gasteiger partial charge in [0.25, 0.3) is 0 Å². The van der Waals surface area contributed by atoms with Crippen molar-refractivity contribution in [2.45, 2.75) is 32.7 Å². The van der Waals surface area contributed by atoms with Crippen molar-refractivity contribution < 1.29 is 0 Å². The fourth-order valence-electron chi connectivity index (χ4n) is 1.97. The number of rotatable bonds is 5. The van der Waals surface area contributed by atoms with Gasteiger partial charge in [0.2, 0.25) is 0 Å². The first-order valence-electron chi connectivity index (χ1n) is 6.66. The largest absolute Gasteiger partial charge is 0.305 e. The van der Waals surface area contributed by atoms with Gasteiger partial charge in [-0.05, 0) is 30.2 Å². The molecule has 1 heterocycles. The summed E-state index contributed by atoms with van der Waals surface area (Å²) in [5.41, 5.74) is 2.32. The molecule has 2 aromatic rings.